The summed E-state index contributed by atoms with van der Waals surface area (Å²) in [5.41, 5.74) is 0.0994. The second-order valence-corrected chi connectivity index (χ2v) is 4.03. The van der Waals surface area contributed by atoms with E-state index in [2.05, 4.69) is 0 Å². The standard InChI is InChI=1S/C11H13F3N2O3/c1-15(5-4-11(12,13)14)9-3-2-8(7-17)6-10(9)16(18)19/h2-3,6,17H,4-5,7H2,1H3. The smallest absolute Gasteiger partial charge is 0.390 e. The van der Waals surface area contributed by atoms with Crippen molar-refractivity contribution in [2.45, 2.75) is 19.2 Å². The summed E-state index contributed by atoms with van der Waals surface area (Å²) >= 11 is 0. The second-order valence-electron chi connectivity index (χ2n) is 4.03. The number of rotatable bonds is 5. The molecule has 0 atom stereocenters. The molecule has 106 valence electrons. The third-order valence-corrected chi connectivity index (χ3v) is 2.56. The van der Waals surface area contributed by atoms with Crippen molar-refractivity contribution < 1.29 is 23.2 Å². The quantitative estimate of drug-likeness (QED) is 0.663. The van der Waals surface area contributed by atoms with Crippen LogP contribution in [0, 0.1) is 10.1 Å². The minimum Gasteiger partial charge on any atom is -0.392 e. The molecule has 0 unspecified atom stereocenters. The molecule has 5 nitrogen and oxygen atoms in total. The Balaban J connectivity index is 2.95. The largest absolute Gasteiger partial charge is 0.392 e. The van der Waals surface area contributed by atoms with Crippen molar-refractivity contribution in [3.05, 3.63) is 33.9 Å². The van der Waals surface area contributed by atoms with Crippen LogP contribution in [-0.2, 0) is 6.61 Å². The molecule has 0 amide bonds. The average Bonchev–Trinajstić information content (AvgIpc) is 2.34. The number of hydrogen-bond acceptors (Lipinski definition) is 4. The highest BCUT2D eigenvalue weighted by Crippen LogP contribution is 2.30. The Morgan fingerprint density at radius 1 is 1.42 bits per heavy atom. The van der Waals surface area contributed by atoms with Gasteiger partial charge in [-0.2, -0.15) is 13.2 Å². The summed E-state index contributed by atoms with van der Waals surface area (Å²) in [5, 5.41) is 19.8. The molecule has 8 heteroatoms. The van der Waals surface area contributed by atoms with Crippen LogP contribution >= 0.6 is 0 Å². The van der Waals surface area contributed by atoms with E-state index in [1.54, 1.807) is 0 Å². The van der Waals surface area contributed by atoms with Crippen LogP contribution < -0.4 is 4.90 Å². The zero-order valence-corrected chi connectivity index (χ0v) is 10.1. The molecule has 1 N–H and O–H groups in total. The van der Waals surface area contributed by atoms with Crippen molar-refractivity contribution in [3.63, 3.8) is 0 Å². The predicted octanol–water partition coefficient (Wildman–Crippen LogP) is 2.48. The first-order chi connectivity index (χ1) is 8.74. The Bertz CT molecular complexity index is 463. The van der Waals surface area contributed by atoms with E-state index in [1.165, 1.54) is 24.1 Å². The highest BCUT2D eigenvalue weighted by molar-refractivity contribution is 5.63. The average molecular weight is 278 g/mol. The number of nitro benzene ring substituents is 1. The number of hydrogen-bond donors (Lipinski definition) is 1. The molecule has 0 saturated heterocycles. The van der Waals surface area contributed by atoms with Crippen LogP contribution in [0.1, 0.15) is 12.0 Å². The Morgan fingerprint density at radius 3 is 2.53 bits per heavy atom. The van der Waals surface area contributed by atoms with Gasteiger partial charge in [0.1, 0.15) is 5.69 Å². The number of nitro groups is 1. The fourth-order valence-corrected chi connectivity index (χ4v) is 1.55. The summed E-state index contributed by atoms with van der Waals surface area (Å²) in [5.74, 6) is 0. The van der Waals surface area contributed by atoms with Crippen molar-refractivity contribution in [2.75, 3.05) is 18.5 Å². The van der Waals surface area contributed by atoms with E-state index < -0.39 is 17.5 Å². The van der Waals surface area contributed by atoms with Gasteiger partial charge in [0.05, 0.1) is 18.0 Å². The van der Waals surface area contributed by atoms with Crippen LogP contribution in [0.5, 0.6) is 0 Å². The Morgan fingerprint density at radius 2 is 2.05 bits per heavy atom. The van der Waals surface area contributed by atoms with Gasteiger partial charge in [0.15, 0.2) is 0 Å². The fourth-order valence-electron chi connectivity index (χ4n) is 1.55. The zero-order chi connectivity index (χ0) is 14.6. The van der Waals surface area contributed by atoms with Crippen LogP contribution in [-0.4, -0.2) is 29.8 Å². The number of anilines is 1. The lowest BCUT2D eigenvalue weighted by Gasteiger charge is -2.20. The summed E-state index contributed by atoms with van der Waals surface area (Å²) in [6, 6.07) is 3.92. The molecule has 0 aromatic heterocycles. The van der Waals surface area contributed by atoms with E-state index in [0.29, 0.717) is 5.56 Å². The monoisotopic (exact) mass is 278 g/mol. The zero-order valence-electron chi connectivity index (χ0n) is 10.1. The molecular weight excluding hydrogens is 265 g/mol. The summed E-state index contributed by atoms with van der Waals surface area (Å²) in [7, 11) is 1.35. The van der Waals surface area contributed by atoms with Crippen molar-refractivity contribution >= 4 is 11.4 Å². The normalized spacial score (nSPS) is 11.4. The molecule has 0 radical (unpaired) electrons. The van der Waals surface area contributed by atoms with Gasteiger partial charge >= 0.3 is 6.18 Å². The highest BCUT2D eigenvalue weighted by atomic mass is 19.4. The van der Waals surface area contributed by atoms with Gasteiger partial charge in [-0.1, -0.05) is 6.07 Å². The van der Waals surface area contributed by atoms with E-state index in [0.717, 1.165) is 6.07 Å². The molecule has 0 aliphatic carbocycles. The van der Waals surface area contributed by atoms with Gasteiger partial charge in [-0.15, -0.1) is 0 Å². The van der Waals surface area contributed by atoms with Crippen LogP contribution in [0.25, 0.3) is 0 Å². The number of aliphatic hydroxyl groups excluding tert-OH is 1. The van der Waals surface area contributed by atoms with Gasteiger partial charge in [-0.25, -0.2) is 0 Å². The molecule has 1 aromatic rings. The van der Waals surface area contributed by atoms with Crippen molar-refractivity contribution in [2.24, 2.45) is 0 Å². The lowest BCUT2D eigenvalue weighted by Crippen LogP contribution is -2.24. The summed E-state index contributed by atoms with van der Waals surface area (Å²) < 4.78 is 36.3. The maximum atomic E-state index is 12.1. The first kappa shape index (κ1) is 15.2. The Labute approximate surface area is 107 Å². The van der Waals surface area contributed by atoms with E-state index in [9.17, 15) is 23.3 Å². The van der Waals surface area contributed by atoms with E-state index in [4.69, 9.17) is 5.11 Å². The molecule has 0 bridgehead atoms. The minimum atomic E-state index is -4.31. The molecule has 0 fully saturated rings. The van der Waals surface area contributed by atoms with Crippen LogP contribution in [0.15, 0.2) is 18.2 Å². The first-order valence-corrected chi connectivity index (χ1v) is 5.40. The fraction of sp³-hybridized carbons (Fsp3) is 0.455. The van der Waals surface area contributed by atoms with Gasteiger partial charge < -0.3 is 10.0 Å². The van der Waals surface area contributed by atoms with Gasteiger partial charge in [0.2, 0.25) is 0 Å². The Kier molecular flexibility index (Phi) is 4.71. The maximum Gasteiger partial charge on any atom is 0.390 e. The molecule has 19 heavy (non-hydrogen) atoms. The maximum absolute atomic E-state index is 12.1. The van der Waals surface area contributed by atoms with Crippen molar-refractivity contribution in [3.8, 4) is 0 Å². The lowest BCUT2D eigenvalue weighted by atomic mass is 10.1. The number of aliphatic hydroxyl groups is 1. The number of alkyl halides is 3. The molecular formula is C11H13F3N2O3. The first-order valence-electron chi connectivity index (χ1n) is 5.40. The molecule has 0 aliphatic heterocycles. The van der Waals surface area contributed by atoms with Crippen molar-refractivity contribution in [1.82, 2.24) is 0 Å². The van der Waals surface area contributed by atoms with E-state index in [1.807, 2.05) is 0 Å². The predicted molar refractivity (Wildman–Crippen MR) is 63.0 cm³/mol. The Hall–Kier alpha value is -1.83. The lowest BCUT2D eigenvalue weighted by molar-refractivity contribution is -0.384. The van der Waals surface area contributed by atoms with Crippen molar-refractivity contribution in [1.29, 1.82) is 0 Å². The van der Waals surface area contributed by atoms with Crippen LogP contribution in [0.4, 0.5) is 24.5 Å². The highest BCUT2D eigenvalue weighted by Gasteiger charge is 2.28. The molecule has 0 spiro atoms. The molecule has 1 aromatic carbocycles. The third kappa shape index (κ3) is 4.40. The van der Waals surface area contributed by atoms with E-state index >= 15 is 0 Å². The summed E-state index contributed by atoms with van der Waals surface area (Å²) in [6.45, 7) is -0.740. The second kappa shape index (κ2) is 5.87. The SMILES string of the molecule is CN(CCC(F)(F)F)c1ccc(CO)cc1[N+](=O)[O-]. The molecule has 0 saturated carbocycles. The third-order valence-electron chi connectivity index (χ3n) is 2.56. The molecule has 0 heterocycles. The van der Waals surface area contributed by atoms with Gasteiger partial charge in [-0.3, -0.25) is 10.1 Å². The number of halogens is 3. The van der Waals surface area contributed by atoms with Crippen LogP contribution in [0.3, 0.4) is 0 Å². The number of benzene rings is 1. The number of nitrogens with zero attached hydrogens (tertiary/aromatic N) is 2. The van der Waals surface area contributed by atoms with Gasteiger partial charge in [0, 0.05) is 19.7 Å². The van der Waals surface area contributed by atoms with Gasteiger partial charge in [0.25, 0.3) is 5.69 Å². The minimum absolute atomic E-state index is 0.0893. The summed E-state index contributed by atoms with van der Waals surface area (Å²) in [6.07, 6.45) is -5.36. The van der Waals surface area contributed by atoms with Gasteiger partial charge in [-0.05, 0) is 11.6 Å². The summed E-state index contributed by atoms with van der Waals surface area (Å²) in [4.78, 5) is 11.4. The van der Waals surface area contributed by atoms with E-state index in [-0.39, 0.29) is 24.5 Å². The van der Waals surface area contributed by atoms with Crippen LogP contribution in [0.2, 0.25) is 0 Å². The molecule has 0 aliphatic rings. The molecule has 1 rings (SSSR count). The topological polar surface area (TPSA) is 66.6 Å².